The molecule has 0 radical (unpaired) electrons. The predicted molar refractivity (Wildman–Crippen MR) is 147 cm³/mol. The van der Waals surface area contributed by atoms with E-state index in [2.05, 4.69) is 10.6 Å². The highest BCUT2D eigenvalue weighted by Gasteiger charge is 2.39. The first-order chi connectivity index (χ1) is 18.2. The monoisotopic (exact) mass is 571 g/mol. The summed E-state index contributed by atoms with van der Waals surface area (Å²) in [7, 11) is 0. The predicted octanol–water partition coefficient (Wildman–Crippen LogP) is 6.25. The van der Waals surface area contributed by atoms with E-state index in [0.717, 1.165) is 4.90 Å². The van der Waals surface area contributed by atoms with Gasteiger partial charge in [0, 0.05) is 22.0 Å². The minimum Gasteiger partial charge on any atom is -0.462 e. The number of anilines is 3. The maximum atomic E-state index is 13.0. The van der Waals surface area contributed by atoms with Crippen molar-refractivity contribution in [3.63, 3.8) is 0 Å². The zero-order valence-corrected chi connectivity index (χ0v) is 22.2. The van der Waals surface area contributed by atoms with Gasteiger partial charge in [0.05, 0.1) is 22.9 Å². The van der Waals surface area contributed by atoms with Crippen molar-refractivity contribution in [1.29, 1.82) is 0 Å². The van der Waals surface area contributed by atoms with Crippen LogP contribution in [0.2, 0.25) is 10.0 Å². The topological polar surface area (TPSA) is 105 Å². The third kappa shape index (κ3) is 5.83. The molecular weight excluding hydrogens is 553 g/mol. The summed E-state index contributed by atoms with van der Waals surface area (Å²) in [4.78, 5) is 51.3. The molecule has 11 heteroatoms. The Morgan fingerprint density at radius 1 is 0.868 bits per heavy atom. The van der Waals surface area contributed by atoms with Crippen molar-refractivity contribution in [2.24, 2.45) is 0 Å². The van der Waals surface area contributed by atoms with Crippen LogP contribution in [0.1, 0.15) is 34.1 Å². The molecule has 3 aromatic carbocycles. The first kappa shape index (κ1) is 27.2. The Morgan fingerprint density at radius 3 is 2.29 bits per heavy atom. The number of ether oxygens (including phenoxy) is 1. The summed E-state index contributed by atoms with van der Waals surface area (Å²) in [5.74, 6) is -2.31. The number of hydrogen-bond donors (Lipinski definition) is 2. The summed E-state index contributed by atoms with van der Waals surface area (Å²) >= 11 is 18.3. The van der Waals surface area contributed by atoms with E-state index in [4.69, 9.17) is 39.5 Å². The molecule has 0 atom stereocenters. The largest absolute Gasteiger partial charge is 0.462 e. The molecule has 4 rings (SSSR count). The van der Waals surface area contributed by atoms with Gasteiger partial charge in [-0.05, 0) is 67.1 Å². The number of esters is 1. The van der Waals surface area contributed by atoms with Crippen LogP contribution in [-0.4, -0.2) is 30.3 Å². The summed E-state index contributed by atoms with van der Waals surface area (Å²) in [6.07, 6.45) is 0.704. The fourth-order valence-corrected chi connectivity index (χ4v) is 4.25. The van der Waals surface area contributed by atoms with Crippen LogP contribution in [0.4, 0.5) is 17.1 Å². The van der Waals surface area contributed by atoms with Gasteiger partial charge in [-0.3, -0.25) is 14.4 Å². The molecule has 0 saturated carbocycles. The maximum absolute atomic E-state index is 13.0. The maximum Gasteiger partial charge on any atom is 0.338 e. The Morgan fingerprint density at radius 2 is 1.61 bits per heavy atom. The number of carbonyl (C=O) groups is 4. The minimum absolute atomic E-state index is 0.115. The van der Waals surface area contributed by atoms with Crippen LogP contribution < -0.4 is 15.5 Å². The van der Waals surface area contributed by atoms with Crippen LogP contribution in [0.3, 0.4) is 0 Å². The summed E-state index contributed by atoms with van der Waals surface area (Å²) < 4.78 is 5.12. The van der Waals surface area contributed by atoms with Gasteiger partial charge in [0.2, 0.25) is 0 Å². The van der Waals surface area contributed by atoms with Gasteiger partial charge in [-0.15, -0.1) is 0 Å². The molecule has 0 bridgehead atoms. The van der Waals surface area contributed by atoms with Gasteiger partial charge >= 0.3 is 5.97 Å². The third-order valence-electron chi connectivity index (χ3n) is 5.39. The minimum atomic E-state index is -0.736. The second-order valence-electron chi connectivity index (χ2n) is 8.10. The van der Waals surface area contributed by atoms with Crippen molar-refractivity contribution < 1.29 is 23.9 Å². The Labute approximate surface area is 233 Å². The second-order valence-corrected chi connectivity index (χ2v) is 9.33. The van der Waals surface area contributed by atoms with E-state index < -0.39 is 23.7 Å². The van der Waals surface area contributed by atoms with E-state index >= 15 is 0 Å². The smallest absolute Gasteiger partial charge is 0.338 e. The zero-order chi connectivity index (χ0) is 27.4. The van der Waals surface area contributed by atoms with Crippen LogP contribution in [-0.2, 0) is 14.3 Å². The lowest BCUT2D eigenvalue weighted by molar-refractivity contribution is -0.120. The van der Waals surface area contributed by atoms with Gasteiger partial charge in [-0.25, -0.2) is 9.69 Å². The van der Waals surface area contributed by atoms with Crippen LogP contribution in [0.15, 0.2) is 77.5 Å². The van der Waals surface area contributed by atoms with Crippen LogP contribution in [0.5, 0.6) is 0 Å². The van der Waals surface area contributed by atoms with Gasteiger partial charge < -0.3 is 15.4 Å². The van der Waals surface area contributed by atoms with E-state index in [1.54, 1.807) is 30.3 Å². The lowest BCUT2D eigenvalue weighted by Crippen LogP contribution is -2.32. The number of imide groups is 1. The van der Waals surface area contributed by atoms with Gasteiger partial charge in [-0.2, -0.15) is 0 Å². The summed E-state index contributed by atoms with van der Waals surface area (Å²) in [6, 6.07) is 17.0. The van der Waals surface area contributed by atoms with Crippen molar-refractivity contribution in [2.75, 3.05) is 22.1 Å². The van der Waals surface area contributed by atoms with Gasteiger partial charge in [0.1, 0.15) is 10.7 Å². The summed E-state index contributed by atoms with van der Waals surface area (Å²) in [5, 5.41) is 5.73. The lowest BCUT2D eigenvalue weighted by Gasteiger charge is -2.16. The first-order valence-corrected chi connectivity index (χ1v) is 12.5. The van der Waals surface area contributed by atoms with E-state index in [1.165, 1.54) is 36.4 Å². The molecule has 0 saturated heterocycles. The number of carbonyl (C=O) groups excluding carboxylic acids is 4. The number of nitrogens with zero attached hydrogens (tertiary/aromatic N) is 1. The van der Waals surface area contributed by atoms with E-state index in [9.17, 15) is 19.2 Å². The molecular formula is C27H20Cl3N3O5. The van der Waals surface area contributed by atoms with Crippen LogP contribution >= 0.6 is 34.8 Å². The van der Waals surface area contributed by atoms with Gasteiger partial charge in [0.25, 0.3) is 17.7 Å². The fourth-order valence-electron chi connectivity index (χ4n) is 3.55. The van der Waals surface area contributed by atoms with Gasteiger partial charge in [0.15, 0.2) is 0 Å². The molecule has 1 heterocycles. The third-order valence-corrected chi connectivity index (χ3v) is 6.28. The molecule has 0 fully saturated rings. The van der Waals surface area contributed by atoms with Crippen molar-refractivity contribution in [3.05, 3.63) is 98.6 Å². The number of rotatable bonds is 8. The molecule has 3 aromatic rings. The molecule has 0 aliphatic carbocycles. The SMILES string of the molecule is CCCOC(=O)c1cccc(NC(=O)c2ccc(NC3=C(Cl)C(=O)N(c4ccc(Cl)cc4Cl)C3=O)cc2)c1. The molecule has 194 valence electrons. The average molecular weight is 573 g/mol. The summed E-state index contributed by atoms with van der Waals surface area (Å²) in [5.41, 5.74) is 1.50. The van der Waals surface area contributed by atoms with Gasteiger partial charge in [-0.1, -0.05) is 47.8 Å². The fraction of sp³-hybridized carbons (Fsp3) is 0.111. The highest BCUT2D eigenvalue weighted by molar-refractivity contribution is 6.54. The molecule has 1 aliphatic rings. The van der Waals surface area contributed by atoms with E-state index in [1.807, 2.05) is 6.92 Å². The van der Waals surface area contributed by atoms with E-state index in [-0.39, 0.29) is 21.4 Å². The second kappa shape index (κ2) is 11.7. The molecule has 8 nitrogen and oxygen atoms in total. The highest BCUT2D eigenvalue weighted by Crippen LogP contribution is 2.35. The van der Waals surface area contributed by atoms with Crippen LogP contribution in [0.25, 0.3) is 0 Å². The van der Waals surface area contributed by atoms with Crippen molar-refractivity contribution >= 4 is 75.6 Å². The number of amides is 3. The average Bonchev–Trinajstić information content (AvgIpc) is 3.11. The number of nitrogens with one attached hydrogen (secondary N) is 2. The lowest BCUT2D eigenvalue weighted by atomic mass is 10.1. The Kier molecular flexibility index (Phi) is 8.36. The molecule has 0 unspecified atom stereocenters. The first-order valence-electron chi connectivity index (χ1n) is 11.4. The highest BCUT2D eigenvalue weighted by atomic mass is 35.5. The van der Waals surface area contributed by atoms with Crippen molar-refractivity contribution in [2.45, 2.75) is 13.3 Å². The normalized spacial score (nSPS) is 13.1. The van der Waals surface area contributed by atoms with Crippen molar-refractivity contribution in [3.8, 4) is 0 Å². The Balaban J connectivity index is 1.44. The zero-order valence-electron chi connectivity index (χ0n) is 19.9. The molecule has 0 aromatic heterocycles. The Hall–Kier alpha value is -3.85. The number of benzene rings is 3. The van der Waals surface area contributed by atoms with Crippen molar-refractivity contribution in [1.82, 2.24) is 0 Å². The molecule has 3 amide bonds. The molecule has 1 aliphatic heterocycles. The van der Waals surface area contributed by atoms with Crippen LogP contribution in [0, 0.1) is 0 Å². The Bertz CT molecular complexity index is 1470. The molecule has 2 N–H and O–H groups in total. The summed E-state index contributed by atoms with van der Waals surface area (Å²) in [6.45, 7) is 2.21. The quantitative estimate of drug-likeness (QED) is 0.244. The standard InChI is InChI=1S/C27H20Cl3N3O5/c1-2-12-38-27(37)16-4-3-5-19(13-16)32-24(34)15-6-9-18(10-7-15)31-23-22(30)25(35)33(26(23)36)21-11-8-17(28)14-20(21)29/h3-11,13-14,31H,2,12H2,1H3,(H,32,34). The van der Waals surface area contributed by atoms with E-state index in [0.29, 0.717) is 40.6 Å². The molecule has 38 heavy (non-hydrogen) atoms. The molecule has 0 spiro atoms. The number of hydrogen-bond acceptors (Lipinski definition) is 6. The number of halogens is 3.